The van der Waals surface area contributed by atoms with E-state index < -0.39 is 12.2 Å². The summed E-state index contributed by atoms with van der Waals surface area (Å²) in [7, 11) is 0. The summed E-state index contributed by atoms with van der Waals surface area (Å²) in [5.74, 6) is 0. The molecule has 0 fully saturated rings. The van der Waals surface area contributed by atoms with Crippen molar-refractivity contribution in [1.29, 1.82) is 0 Å². The molecule has 2 amide bonds. The van der Waals surface area contributed by atoms with E-state index in [0.29, 0.717) is 24.5 Å². The van der Waals surface area contributed by atoms with Gasteiger partial charge in [0.05, 0.1) is 0 Å². The van der Waals surface area contributed by atoms with E-state index >= 15 is 0 Å². The predicted molar refractivity (Wildman–Crippen MR) is 129 cm³/mol. The maximum absolute atomic E-state index is 12.0. The zero-order valence-electron chi connectivity index (χ0n) is 18.5. The lowest BCUT2D eigenvalue weighted by molar-refractivity contribution is 0.118. The lowest BCUT2D eigenvalue weighted by Gasteiger charge is -2.22. The van der Waals surface area contributed by atoms with Crippen LogP contribution >= 0.6 is 0 Å². The van der Waals surface area contributed by atoms with E-state index in [1.807, 2.05) is 54.6 Å². The Balaban J connectivity index is 1.43. The molecule has 0 spiro atoms. The van der Waals surface area contributed by atoms with Gasteiger partial charge in [-0.3, -0.25) is 15.5 Å². The summed E-state index contributed by atoms with van der Waals surface area (Å²) in [6.07, 6.45) is -0.154. The highest BCUT2D eigenvalue weighted by molar-refractivity contribution is 5.84. The summed E-state index contributed by atoms with van der Waals surface area (Å²) in [6.45, 7) is 2.25. The number of hydrogen-bond acceptors (Lipinski definition) is 5. The van der Waals surface area contributed by atoms with Crippen LogP contribution in [0.5, 0.6) is 0 Å². The molecule has 2 N–H and O–H groups in total. The van der Waals surface area contributed by atoms with Crippen molar-refractivity contribution in [1.82, 2.24) is 4.90 Å². The van der Waals surface area contributed by atoms with Crippen LogP contribution in [0.2, 0.25) is 0 Å². The number of ether oxygens (including phenoxy) is 2. The van der Waals surface area contributed by atoms with E-state index in [9.17, 15) is 9.59 Å². The van der Waals surface area contributed by atoms with Crippen LogP contribution in [0.3, 0.4) is 0 Å². The number of amides is 2. The maximum atomic E-state index is 12.0. The Morgan fingerprint density at radius 2 is 1.03 bits per heavy atom. The third-order valence-corrected chi connectivity index (χ3v) is 4.88. The minimum Gasteiger partial charge on any atom is -0.448 e. The van der Waals surface area contributed by atoms with Gasteiger partial charge in [-0.15, -0.1) is 0 Å². The molecule has 0 radical (unpaired) electrons. The van der Waals surface area contributed by atoms with Crippen LogP contribution in [0.1, 0.15) is 5.56 Å². The molecule has 3 rings (SSSR count). The van der Waals surface area contributed by atoms with Gasteiger partial charge in [0.2, 0.25) is 0 Å². The van der Waals surface area contributed by atoms with Crippen LogP contribution in [0, 0.1) is 0 Å². The summed E-state index contributed by atoms with van der Waals surface area (Å²) in [6, 6.07) is 28.5. The highest BCUT2D eigenvalue weighted by Crippen LogP contribution is 2.07. The van der Waals surface area contributed by atoms with Gasteiger partial charge >= 0.3 is 12.2 Å². The predicted octanol–water partition coefficient (Wildman–Crippen LogP) is 5.03. The number of anilines is 2. The van der Waals surface area contributed by atoms with Crippen LogP contribution in [-0.4, -0.2) is 49.9 Å². The Bertz CT molecular complexity index is 909. The lowest BCUT2D eigenvalue weighted by Crippen LogP contribution is -2.34. The van der Waals surface area contributed by atoms with Crippen molar-refractivity contribution in [3.63, 3.8) is 0 Å². The summed E-state index contributed by atoms with van der Waals surface area (Å²) in [4.78, 5) is 26.2. The SMILES string of the molecule is O=C(Nc1ccccc1)OCCN(CCOC(=O)Nc1ccccc1)CCc1ccccc1. The largest absolute Gasteiger partial charge is 0.448 e. The molecular weight excluding hydrogens is 418 g/mol. The van der Waals surface area contributed by atoms with Gasteiger partial charge < -0.3 is 9.47 Å². The molecule has 7 nitrogen and oxygen atoms in total. The second-order valence-electron chi connectivity index (χ2n) is 7.33. The van der Waals surface area contributed by atoms with Crippen LogP contribution in [0.25, 0.3) is 0 Å². The number of hydrogen-bond donors (Lipinski definition) is 2. The molecule has 172 valence electrons. The highest BCUT2D eigenvalue weighted by Gasteiger charge is 2.10. The second kappa shape index (κ2) is 13.5. The van der Waals surface area contributed by atoms with Gasteiger partial charge in [-0.25, -0.2) is 9.59 Å². The fourth-order valence-corrected chi connectivity index (χ4v) is 3.15. The summed E-state index contributed by atoms with van der Waals surface area (Å²) in [5, 5.41) is 5.39. The first-order chi connectivity index (χ1) is 16.2. The topological polar surface area (TPSA) is 79.9 Å². The molecule has 7 heteroatoms. The van der Waals surface area contributed by atoms with Crippen molar-refractivity contribution in [2.45, 2.75) is 6.42 Å². The molecule has 0 saturated carbocycles. The fourth-order valence-electron chi connectivity index (χ4n) is 3.15. The molecule has 0 aliphatic heterocycles. The number of nitrogens with zero attached hydrogens (tertiary/aromatic N) is 1. The Morgan fingerprint density at radius 3 is 1.48 bits per heavy atom. The average Bonchev–Trinajstić information content (AvgIpc) is 2.84. The Hall–Kier alpha value is -3.84. The summed E-state index contributed by atoms with van der Waals surface area (Å²) >= 11 is 0. The minimum atomic E-state index is -0.498. The van der Waals surface area contributed by atoms with Crippen molar-refractivity contribution in [3.8, 4) is 0 Å². The normalized spacial score (nSPS) is 10.5. The molecule has 0 aliphatic carbocycles. The van der Waals surface area contributed by atoms with Crippen LogP contribution in [-0.2, 0) is 15.9 Å². The first-order valence-corrected chi connectivity index (χ1v) is 10.9. The molecule has 33 heavy (non-hydrogen) atoms. The molecule has 3 aromatic rings. The van der Waals surface area contributed by atoms with Gasteiger partial charge in [-0.05, 0) is 36.2 Å². The Labute approximate surface area is 194 Å². The van der Waals surface area contributed by atoms with E-state index in [4.69, 9.17) is 9.47 Å². The van der Waals surface area contributed by atoms with Crippen molar-refractivity contribution >= 4 is 23.6 Å². The van der Waals surface area contributed by atoms with Crippen LogP contribution in [0.4, 0.5) is 21.0 Å². The zero-order chi connectivity index (χ0) is 23.1. The number of carbonyl (C=O) groups excluding carboxylic acids is 2. The molecule has 0 aliphatic rings. The smallest absolute Gasteiger partial charge is 0.411 e. The standard InChI is InChI=1S/C26H29N3O4/c30-25(27-23-12-6-2-7-13-23)32-20-18-29(17-16-22-10-4-1-5-11-22)19-21-33-26(31)28-24-14-8-3-9-15-24/h1-15H,16-21H2,(H,27,30)(H,28,31). The summed E-state index contributed by atoms with van der Waals surface area (Å²) in [5.41, 5.74) is 2.58. The molecule has 0 atom stereocenters. The van der Waals surface area contributed by atoms with Gasteiger partial charge in [0, 0.05) is 31.0 Å². The molecule has 0 aromatic heterocycles. The number of nitrogens with one attached hydrogen (secondary N) is 2. The van der Waals surface area contributed by atoms with Gasteiger partial charge in [0.1, 0.15) is 13.2 Å². The average molecular weight is 448 g/mol. The van der Waals surface area contributed by atoms with Gasteiger partial charge in [-0.1, -0.05) is 66.7 Å². The van der Waals surface area contributed by atoms with Crippen molar-refractivity contribution in [3.05, 3.63) is 96.6 Å². The lowest BCUT2D eigenvalue weighted by atomic mass is 10.1. The third-order valence-electron chi connectivity index (χ3n) is 4.88. The minimum absolute atomic E-state index is 0.226. The number of rotatable bonds is 11. The molecule has 0 saturated heterocycles. The fraction of sp³-hybridized carbons (Fsp3) is 0.231. The van der Waals surface area contributed by atoms with E-state index in [1.54, 1.807) is 24.3 Å². The molecular formula is C26H29N3O4. The highest BCUT2D eigenvalue weighted by atomic mass is 16.6. The number of benzene rings is 3. The van der Waals surface area contributed by atoms with Crippen LogP contribution in [0.15, 0.2) is 91.0 Å². The van der Waals surface area contributed by atoms with Crippen molar-refractivity contribution in [2.75, 3.05) is 43.5 Å². The van der Waals surface area contributed by atoms with E-state index in [0.717, 1.165) is 13.0 Å². The zero-order valence-corrected chi connectivity index (χ0v) is 18.5. The monoisotopic (exact) mass is 447 g/mol. The molecule has 3 aromatic carbocycles. The van der Waals surface area contributed by atoms with Crippen molar-refractivity contribution < 1.29 is 19.1 Å². The molecule has 0 unspecified atom stereocenters. The van der Waals surface area contributed by atoms with Crippen molar-refractivity contribution in [2.24, 2.45) is 0 Å². The Kier molecular flexibility index (Phi) is 9.78. The third kappa shape index (κ3) is 9.45. The van der Waals surface area contributed by atoms with E-state index in [1.165, 1.54) is 5.56 Å². The summed E-state index contributed by atoms with van der Waals surface area (Å²) < 4.78 is 10.6. The number of para-hydroxylation sites is 2. The molecule has 0 heterocycles. The first-order valence-electron chi connectivity index (χ1n) is 10.9. The second-order valence-corrected chi connectivity index (χ2v) is 7.33. The van der Waals surface area contributed by atoms with Crippen LogP contribution < -0.4 is 10.6 Å². The van der Waals surface area contributed by atoms with Gasteiger partial charge in [-0.2, -0.15) is 0 Å². The first kappa shape index (κ1) is 23.8. The Morgan fingerprint density at radius 1 is 0.606 bits per heavy atom. The maximum Gasteiger partial charge on any atom is 0.411 e. The van der Waals surface area contributed by atoms with E-state index in [-0.39, 0.29) is 13.2 Å². The quantitative estimate of drug-likeness (QED) is 0.431. The van der Waals surface area contributed by atoms with Gasteiger partial charge in [0.15, 0.2) is 0 Å². The number of carbonyl (C=O) groups is 2. The molecule has 0 bridgehead atoms. The van der Waals surface area contributed by atoms with E-state index in [2.05, 4.69) is 27.7 Å². The van der Waals surface area contributed by atoms with Gasteiger partial charge in [0.25, 0.3) is 0 Å².